The molecule has 0 saturated carbocycles. The highest BCUT2D eigenvalue weighted by Gasteiger charge is 2.19. The molecule has 0 aliphatic heterocycles. The predicted octanol–water partition coefficient (Wildman–Crippen LogP) is 0.152. The van der Waals surface area contributed by atoms with E-state index in [0.29, 0.717) is 0 Å². The van der Waals surface area contributed by atoms with E-state index in [2.05, 4.69) is 24.3 Å². The zero-order valence-electron chi connectivity index (χ0n) is 13.7. The average molecular weight is 290 g/mol. The predicted molar refractivity (Wildman–Crippen MR) is 80.5 cm³/mol. The maximum Gasteiger partial charge on any atom is 0.414 e. The molecule has 4 N–H and O–H groups in total. The number of hydrogen-bond acceptors (Lipinski definition) is 6. The van der Waals surface area contributed by atoms with Crippen molar-refractivity contribution in [2.45, 2.75) is 39.3 Å². The number of carbonyl (C=O) groups is 2. The fourth-order valence-electron chi connectivity index (χ4n) is 0.853. The Balaban J connectivity index is 0. The average Bonchev–Trinajstić information content (AvgIpc) is 2.24. The van der Waals surface area contributed by atoms with Crippen molar-refractivity contribution >= 4 is 12.0 Å². The first kappa shape index (κ1) is 21.1. The third kappa shape index (κ3) is 16.8. The van der Waals surface area contributed by atoms with Gasteiger partial charge >= 0.3 is 6.09 Å². The van der Waals surface area contributed by atoms with Gasteiger partial charge in [0.05, 0.1) is 6.04 Å². The molecule has 120 valence electrons. The molecule has 0 aromatic carbocycles. The molecule has 0 bridgehead atoms. The monoisotopic (exact) mass is 290 g/mol. The fourth-order valence-corrected chi connectivity index (χ4v) is 0.853. The van der Waals surface area contributed by atoms with Crippen molar-refractivity contribution in [1.29, 1.82) is 0 Å². The number of likely N-dealkylation sites (N-methyl/N-ethyl adjacent to an activating group) is 2. The molecule has 0 radical (unpaired) electrons. The third-order valence-corrected chi connectivity index (χ3v) is 1.85. The quantitative estimate of drug-likeness (QED) is 0.682. The van der Waals surface area contributed by atoms with Gasteiger partial charge in [0, 0.05) is 13.1 Å². The van der Waals surface area contributed by atoms with Crippen molar-refractivity contribution in [3.8, 4) is 0 Å². The van der Waals surface area contributed by atoms with Gasteiger partial charge in [0.1, 0.15) is 5.60 Å². The summed E-state index contributed by atoms with van der Waals surface area (Å²) in [6, 6.07) is -0.715. The molecule has 1 atom stereocenters. The summed E-state index contributed by atoms with van der Waals surface area (Å²) in [5.41, 5.74) is 4.62. The number of nitrogens with two attached hydrogens (primary N) is 1. The minimum Gasteiger partial charge on any atom is -0.444 e. The van der Waals surface area contributed by atoms with Crippen molar-refractivity contribution in [3.63, 3.8) is 0 Å². The molecule has 0 aliphatic carbocycles. The lowest BCUT2D eigenvalue weighted by atomic mass is 10.2. The summed E-state index contributed by atoms with van der Waals surface area (Å²) in [4.78, 5) is 24.0. The lowest BCUT2D eigenvalue weighted by Crippen LogP contribution is -2.43. The molecule has 2 amide bonds. The molecular weight excluding hydrogens is 260 g/mol. The number of ether oxygens (including phenoxy) is 1. The van der Waals surface area contributed by atoms with Gasteiger partial charge < -0.3 is 20.7 Å². The first-order valence-corrected chi connectivity index (χ1v) is 6.58. The minimum atomic E-state index is -0.769. The van der Waals surface area contributed by atoms with Crippen LogP contribution in [0.5, 0.6) is 0 Å². The number of imide groups is 1. The van der Waals surface area contributed by atoms with Crippen molar-refractivity contribution in [2.24, 2.45) is 5.73 Å². The number of rotatable bonds is 4. The van der Waals surface area contributed by atoms with Crippen LogP contribution in [0, 0.1) is 0 Å². The van der Waals surface area contributed by atoms with E-state index in [0.717, 1.165) is 13.1 Å². The van der Waals surface area contributed by atoms with Gasteiger partial charge in [-0.15, -0.1) is 0 Å². The lowest BCUT2D eigenvalue weighted by molar-refractivity contribution is -0.121. The van der Waals surface area contributed by atoms with E-state index < -0.39 is 23.6 Å². The van der Waals surface area contributed by atoms with Crippen LogP contribution in [0.2, 0.25) is 0 Å². The molecule has 0 spiro atoms. The summed E-state index contributed by atoms with van der Waals surface area (Å²) in [6.45, 7) is 8.82. The van der Waals surface area contributed by atoms with Gasteiger partial charge in [0.15, 0.2) is 0 Å². The molecule has 0 fully saturated rings. The largest absolute Gasteiger partial charge is 0.444 e. The fraction of sp³-hybridized carbons (Fsp3) is 0.846. The summed E-state index contributed by atoms with van der Waals surface area (Å²) in [5, 5.41) is 5.07. The third-order valence-electron chi connectivity index (χ3n) is 1.85. The molecule has 0 saturated heterocycles. The van der Waals surface area contributed by atoms with Crippen molar-refractivity contribution in [1.82, 2.24) is 15.5 Å². The standard InChI is InChI=1S/C8H16N2O3.C5H14N2/c1-5(9)6(11)10-7(12)13-8(2,3)4;1-6-4-5-7(2)3/h5H,9H2,1-4H3,(H,10,11,12);6H,4-5H2,1-3H3/t5-;/m0./s1. The first-order chi connectivity index (χ1) is 8.99. The van der Waals surface area contributed by atoms with Crippen LogP contribution in [0.4, 0.5) is 4.79 Å². The Morgan fingerprint density at radius 2 is 1.80 bits per heavy atom. The molecule has 20 heavy (non-hydrogen) atoms. The normalized spacial score (nSPS) is 12.2. The summed E-state index contributed by atoms with van der Waals surface area (Å²) in [7, 11) is 6.10. The van der Waals surface area contributed by atoms with E-state index in [4.69, 9.17) is 10.5 Å². The molecule has 0 aliphatic rings. The van der Waals surface area contributed by atoms with Crippen LogP contribution in [0.15, 0.2) is 0 Å². The van der Waals surface area contributed by atoms with E-state index in [-0.39, 0.29) is 0 Å². The van der Waals surface area contributed by atoms with E-state index in [1.165, 1.54) is 6.92 Å². The van der Waals surface area contributed by atoms with Crippen LogP contribution >= 0.6 is 0 Å². The van der Waals surface area contributed by atoms with Crippen LogP contribution in [0.3, 0.4) is 0 Å². The molecular formula is C13H30N4O3. The molecule has 7 heteroatoms. The van der Waals surface area contributed by atoms with Crippen molar-refractivity contribution in [3.05, 3.63) is 0 Å². The highest BCUT2D eigenvalue weighted by Crippen LogP contribution is 2.06. The van der Waals surface area contributed by atoms with Gasteiger partial charge in [0.2, 0.25) is 5.91 Å². The summed E-state index contributed by atoms with van der Waals surface area (Å²) in [5.74, 6) is -0.547. The molecule has 0 rings (SSSR count). The maximum absolute atomic E-state index is 11.0. The van der Waals surface area contributed by atoms with Crippen LogP contribution in [0.25, 0.3) is 0 Å². The number of carbonyl (C=O) groups excluding carboxylic acids is 2. The van der Waals surface area contributed by atoms with Gasteiger partial charge in [-0.3, -0.25) is 10.1 Å². The molecule has 0 heterocycles. The van der Waals surface area contributed by atoms with E-state index in [1.54, 1.807) is 20.8 Å². The van der Waals surface area contributed by atoms with Crippen LogP contribution < -0.4 is 16.4 Å². The molecule has 0 aromatic heterocycles. The highest BCUT2D eigenvalue weighted by molar-refractivity contribution is 5.94. The zero-order chi connectivity index (χ0) is 16.3. The van der Waals surface area contributed by atoms with E-state index in [1.807, 2.05) is 12.4 Å². The number of amides is 2. The second-order valence-corrected chi connectivity index (χ2v) is 5.69. The van der Waals surface area contributed by atoms with Gasteiger partial charge in [-0.05, 0) is 48.8 Å². The molecule has 0 aromatic rings. The van der Waals surface area contributed by atoms with Crippen molar-refractivity contribution < 1.29 is 14.3 Å². The number of nitrogens with one attached hydrogen (secondary N) is 2. The summed E-state index contributed by atoms with van der Waals surface area (Å²) < 4.78 is 4.83. The minimum absolute atomic E-state index is 0.547. The van der Waals surface area contributed by atoms with Gasteiger partial charge in [0.25, 0.3) is 0 Å². The number of nitrogens with zero attached hydrogens (tertiary/aromatic N) is 1. The highest BCUT2D eigenvalue weighted by atomic mass is 16.6. The molecule has 7 nitrogen and oxygen atoms in total. The Hall–Kier alpha value is -1.18. The Bertz CT molecular complexity index is 286. The Morgan fingerprint density at radius 3 is 2.05 bits per heavy atom. The lowest BCUT2D eigenvalue weighted by Gasteiger charge is -2.19. The van der Waals surface area contributed by atoms with Gasteiger partial charge in [-0.2, -0.15) is 0 Å². The first-order valence-electron chi connectivity index (χ1n) is 6.58. The van der Waals surface area contributed by atoms with E-state index >= 15 is 0 Å². The Kier molecular flexibility index (Phi) is 11.2. The van der Waals surface area contributed by atoms with E-state index in [9.17, 15) is 9.59 Å². The van der Waals surface area contributed by atoms with Gasteiger partial charge in [-0.1, -0.05) is 0 Å². The Morgan fingerprint density at radius 1 is 1.30 bits per heavy atom. The number of alkyl carbamates (subject to hydrolysis) is 1. The topological polar surface area (TPSA) is 96.7 Å². The number of hydrogen-bond donors (Lipinski definition) is 3. The maximum atomic E-state index is 11.0. The zero-order valence-corrected chi connectivity index (χ0v) is 13.7. The smallest absolute Gasteiger partial charge is 0.414 e. The van der Waals surface area contributed by atoms with Crippen molar-refractivity contribution in [2.75, 3.05) is 34.2 Å². The van der Waals surface area contributed by atoms with Gasteiger partial charge in [-0.25, -0.2) is 4.79 Å². The Labute approximate surface area is 122 Å². The molecule has 0 unspecified atom stereocenters. The second kappa shape index (κ2) is 10.6. The second-order valence-electron chi connectivity index (χ2n) is 5.69. The van der Waals surface area contributed by atoms with Crippen LogP contribution in [-0.2, 0) is 9.53 Å². The summed E-state index contributed by atoms with van der Waals surface area (Å²) >= 11 is 0. The SMILES string of the molecule is CNCCN(C)C.C[C@H](N)C(=O)NC(=O)OC(C)(C)C. The van der Waals surface area contributed by atoms with Crippen LogP contribution in [0.1, 0.15) is 27.7 Å². The summed E-state index contributed by atoms with van der Waals surface area (Å²) in [6.07, 6.45) is -0.769. The van der Waals surface area contributed by atoms with Crippen LogP contribution in [-0.4, -0.2) is 62.8 Å².